The molecule has 0 saturated heterocycles. The fourth-order valence-corrected chi connectivity index (χ4v) is 0.854. The van der Waals surface area contributed by atoms with Crippen LogP contribution in [0.3, 0.4) is 0 Å². The number of benzene rings is 1. The summed E-state index contributed by atoms with van der Waals surface area (Å²) in [6.45, 7) is 1.47. The maximum atomic E-state index is 10.3. The van der Waals surface area contributed by atoms with Crippen LogP contribution in [0.25, 0.3) is 0 Å². The molecule has 0 heterocycles. The summed E-state index contributed by atoms with van der Waals surface area (Å²) >= 11 is 0. The molecule has 5 nitrogen and oxygen atoms in total. The Morgan fingerprint density at radius 3 is 2.57 bits per heavy atom. The Bertz CT molecular complexity index is 296. The van der Waals surface area contributed by atoms with Crippen molar-refractivity contribution >= 4 is 5.69 Å². The zero-order chi connectivity index (χ0) is 10.4. The standard InChI is InChI=1S/C9H10NO4/c11-6-1-7-14-9-4-2-8(3-5-9)10(12)13/h2-5,7,11H,1,6H2. The second kappa shape index (κ2) is 5.18. The Morgan fingerprint density at radius 2 is 2.07 bits per heavy atom. The van der Waals surface area contributed by atoms with Crippen molar-refractivity contribution in [3.8, 4) is 5.75 Å². The van der Waals surface area contributed by atoms with Gasteiger partial charge in [-0.3, -0.25) is 10.1 Å². The van der Waals surface area contributed by atoms with E-state index in [0.717, 1.165) is 0 Å². The van der Waals surface area contributed by atoms with E-state index < -0.39 is 4.92 Å². The predicted octanol–water partition coefficient (Wildman–Crippen LogP) is 1.52. The molecule has 0 aliphatic carbocycles. The number of hydrogen-bond donors (Lipinski definition) is 1. The Morgan fingerprint density at radius 1 is 1.43 bits per heavy atom. The van der Waals surface area contributed by atoms with Gasteiger partial charge in [-0.05, 0) is 12.1 Å². The van der Waals surface area contributed by atoms with Crippen molar-refractivity contribution in [2.75, 3.05) is 6.61 Å². The van der Waals surface area contributed by atoms with E-state index in [9.17, 15) is 10.1 Å². The minimum Gasteiger partial charge on any atom is -0.486 e. The van der Waals surface area contributed by atoms with Crippen molar-refractivity contribution in [1.82, 2.24) is 0 Å². The van der Waals surface area contributed by atoms with Gasteiger partial charge in [-0.2, -0.15) is 0 Å². The molecular weight excluding hydrogens is 186 g/mol. The fourth-order valence-electron chi connectivity index (χ4n) is 0.854. The summed E-state index contributed by atoms with van der Waals surface area (Å²) in [6.07, 6.45) is 0.428. The number of rotatable bonds is 5. The number of ether oxygens (including phenoxy) is 1. The van der Waals surface area contributed by atoms with Gasteiger partial charge >= 0.3 is 0 Å². The van der Waals surface area contributed by atoms with Gasteiger partial charge in [0, 0.05) is 25.2 Å². The molecule has 75 valence electrons. The van der Waals surface area contributed by atoms with E-state index in [4.69, 9.17) is 9.84 Å². The van der Waals surface area contributed by atoms with Crippen LogP contribution < -0.4 is 4.74 Å². The summed E-state index contributed by atoms with van der Waals surface area (Å²) in [6, 6.07) is 5.74. The Hall–Kier alpha value is -1.62. The van der Waals surface area contributed by atoms with Crippen LogP contribution in [-0.4, -0.2) is 16.6 Å². The van der Waals surface area contributed by atoms with Crippen LogP contribution in [0.15, 0.2) is 24.3 Å². The van der Waals surface area contributed by atoms with Gasteiger partial charge in [0.25, 0.3) is 5.69 Å². The first kappa shape index (κ1) is 10.5. The lowest BCUT2D eigenvalue weighted by Crippen LogP contribution is -1.93. The third-order valence-corrected chi connectivity index (χ3v) is 1.51. The molecule has 1 radical (unpaired) electrons. The summed E-state index contributed by atoms with van der Waals surface area (Å²) in [5, 5.41) is 18.8. The number of hydrogen-bond acceptors (Lipinski definition) is 4. The average molecular weight is 196 g/mol. The van der Waals surface area contributed by atoms with Gasteiger partial charge in [0.1, 0.15) is 12.4 Å². The molecule has 0 fully saturated rings. The quantitative estimate of drug-likeness (QED) is 0.440. The fraction of sp³-hybridized carbons (Fsp3) is 0.222. The molecule has 0 atom stereocenters. The number of aliphatic hydroxyl groups excluding tert-OH is 1. The van der Waals surface area contributed by atoms with Gasteiger partial charge in [-0.1, -0.05) is 0 Å². The highest BCUT2D eigenvalue weighted by molar-refractivity contribution is 5.36. The van der Waals surface area contributed by atoms with E-state index in [1.165, 1.54) is 30.9 Å². The second-order valence-electron chi connectivity index (χ2n) is 2.55. The molecule has 0 unspecified atom stereocenters. The summed E-state index contributed by atoms with van der Waals surface area (Å²) < 4.78 is 5.07. The van der Waals surface area contributed by atoms with Crippen LogP contribution in [0, 0.1) is 16.7 Å². The number of nitro benzene ring substituents is 1. The summed E-state index contributed by atoms with van der Waals surface area (Å²) in [4.78, 5) is 9.83. The predicted molar refractivity (Wildman–Crippen MR) is 49.7 cm³/mol. The molecule has 0 spiro atoms. The number of aliphatic hydroxyl groups is 1. The van der Waals surface area contributed by atoms with E-state index in [-0.39, 0.29) is 12.3 Å². The van der Waals surface area contributed by atoms with Crippen LogP contribution in [0.2, 0.25) is 0 Å². The highest BCUT2D eigenvalue weighted by atomic mass is 16.6. The van der Waals surface area contributed by atoms with E-state index in [1.807, 2.05) is 0 Å². The first-order valence-electron chi connectivity index (χ1n) is 4.07. The highest BCUT2D eigenvalue weighted by Crippen LogP contribution is 2.17. The third-order valence-electron chi connectivity index (χ3n) is 1.51. The molecule has 1 aromatic carbocycles. The molecule has 0 aliphatic heterocycles. The van der Waals surface area contributed by atoms with E-state index >= 15 is 0 Å². The lowest BCUT2D eigenvalue weighted by atomic mass is 10.3. The normalized spacial score (nSPS) is 9.79. The van der Waals surface area contributed by atoms with Crippen LogP contribution in [-0.2, 0) is 0 Å². The Labute approximate surface area is 81.1 Å². The number of nitrogens with zero attached hydrogens (tertiary/aromatic N) is 1. The molecular formula is C9H10NO4. The first-order valence-corrected chi connectivity index (χ1v) is 4.07. The van der Waals surface area contributed by atoms with Gasteiger partial charge < -0.3 is 9.84 Å². The molecule has 0 bridgehead atoms. The minimum atomic E-state index is -0.471. The molecule has 1 N–H and O–H groups in total. The second-order valence-corrected chi connectivity index (χ2v) is 2.55. The smallest absolute Gasteiger partial charge is 0.269 e. The summed E-state index contributed by atoms with van der Waals surface area (Å²) in [5.74, 6) is 0.518. The Balaban J connectivity index is 2.51. The zero-order valence-electron chi connectivity index (χ0n) is 7.42. The van der Waals surface area contributed by atoms with E-state index in [2.05, 4.69) is 0 Å². The van der Waals surface area contributed by atoms with E-state index in [0.29, 0.717) is 12.2 Å². The number of nitro groups is 1. The average Bonchev–Trinajstić information content (AvgIpc) is 2.19. The van der Waals surface area contributed by atoms with Gasteiger partial charge in [-0.15, -0.1) is 0 Å². The van der Waals surface area contributed by atoms with Crippen LogP contribution in [0.4, 0.5) is 5.69 Å². The molecule has 0 aromatic heterocycles. The van der Waals surface area contributed by atoms with Crippen molar-refractivity contribution < 1.29 is 14.8 Å². The maximum absolute atomic E-state index is 10.3. The minimum absolute atomic E-state index is 0.0208. The lowest BCUT2D eigenvalue weighted by Gasteiger charge is -2.02. The van der Waals surface area contributed by atoms with Crippen molar-refractivity contribution in [2.24, 2.45) is 0 Å². The molecule has 5 heteroatoms. The third kappa shape index (κ3) is 3.02. The van der Waals surface area contributed by atoms with Crippen molar-refractivity contribution in [2.45, 2.75) is 6.42 Å². The van der Waals surface area contributed by atoms with Crippen LogP contribution in [0.1, 0.15) is 6.42 Å². The monoisotopic (exact) mass is 196 g/mol. The van der Waals surface area contributed by atoms with Crippen molar-refractivity contribution in [1.29, 1.82) is 0 Å². The molecule has 1 aromatic rings. The zero-order valence-corrected chi connectivity index (χ0v) is 7.42. The van der Waals surface area contributed by atoms with Crippen LogP contribution >= 0.6 is 0 Å². The molecule has 14 heavy (non-hydrogen) atoms. The topological polar surface area (TPSA) is 72.6 Å². The summed E-state index contributed by atoms with van der Waals surface area (Å²) in [5.41, 5.74) is 0.0273. The largest absolute Gasteiger partial charge is 0.486 e. The molecule has 0 amide bonds. The van der Waals surface area contributed by atoms with Crippen molar-refractivity contribution in [3.05, 3.63) is 41.0 Å². The molecule has 1 rings (SSSR count). The van der Waals surface area contributed by atoms with Gasteiger partial charge in [0.05, 0.1) is 4.92 Å². The van der Waals surface area contributed by atoms with Crippen LogP contribution in [0.5, 0.6) is 5.75 Å². The number of non-ortho nitro benzene ring substituents is 1. The van der Waals surface area contributed by atoms with Gasteiger partial charge in [0.2, 0.25) is 0 Å². The van der Waals surface area contributed by atoms with Gasteiger partial charge in [0.15, 0.2) is 0 Å². The Kier molecular flexibility index (Phi) is 3.87. The van der Waals surface area contributed by atoms with E-state index in [1.54, 1.807) is 0 Å². The molecule has 0 saturated carbocycles. The summed E-state index contributed by atoms with van der Waals surface area (Å²) in [7, 11) is 0. The highest BCUT2D eigenvalue weighted by Gasteiger charge is 2.03. The first-order chi connectivity index (χ1) is 6.74. The molecule has 0 aliphatic rings. The lowest BCUT2D eigenvalue weighted by molar-refractivity contribution is -0.384. The SMILES string of the molecule is O=[N+]([O-])c1ccc(O[CH]CCO)cc1. The van der Waals surface area contributed by atoms with Crippen molar-refractivity contribution in [3.63, 3.8) is 0 Å². The van der Waals surface area contributed by atoms with Gasteiger partial charge in [-0.25, -0.2) is 0 Å². The maximum Gasteiger partial charge on any atom is 0.269 e.